The maximum Gasteiger partial charge on any atom is 0.472 e. The minimum atomic E-state index is -5.09. The first-order chi connectivity index (χ1) is 21.7. The lowest BCUT2D eigenvalue weighted by molar-refractivity contribution is -0.0666. The van der Waals surface area contributed by atoms with Crippen LogP contribution < -0.4 is 22.3 Å². The fourth-order valence-corrected chi connectivity index (χ4v) is 7.42. The van der Waals surface area contributed by atoms with Gasteiger partial charge in [-0.05, 0) is 0 Å². The number of aromatic nitrogens is 6. The van der Waals surface area contributed by atoms with Gasteiger partial charge >= 0.3 is 15.6 Å². The van der Waals surface area contributed by atoms with E-state index in [0.717, 1.165) is 17.2 Å². The molecule has 26 heteroatoms. The molecule has 0 saturated carbocycles. The van der Waals surface area contributed by atoms with E-state index in [0.29, 0.717) is 0 Å². The molecule has 4 aliphatic heterocycles. The van der Waals surface area contributed by atoms with E-state index in [1.165, 1.54) is 4.57 Å². The van der Waals surface area contributed by atoms with Crippen molar-refractivity contribution < 1.29 is 61.8 Å². The molecule has 7 unspecified atom stereocenters. The molecule has 4 aliphatic rings. The molecule has 3 saturated heterocycles. The molecule has 11 atom stereocenters. The average Bonchev–Trinajstić information content (AvgIpc) is 3.72. The molecule has 3 aromatic rings. The van der Waals surface area contributed by atoms with Gasteiger partial charge in [-0.25, -0.2) is 24.1 Å². The van der Waals surface area contributed by atoms with Gasteiger partial charge in [-0.1, -0.05) is 0 Å². The SMILES string of the molecule is NC1=NC(O)c2ncn([C@@H]3O[C@@H]4COP(=O)(O)OC5C(O)[C@H](n6cnc7c(=O)[nH]c(N)nc76)O[C@@H]5COP(=O)(O)OC4C3O)c2N1. The summed E-state index contributed by atoms with van der Waals surface area (Å²) in [6.45, 7) is -1.71. The minimum Gasteiger partial charge on any atom is -0.386 e. The number of hydrogen-bond donors (Lipinski definition) is 9. The van der Waals surface area contributed by atoms with E-state index < -0.39 is 89.7 Å². The van der Waals surface area contributed by atoms with Crippen LogP contribution in [0.15, 0.2) is 22.4 Å². The van der Waals surface area contributed by atoms with Gasteiger partial charge in [0, 0.05) is 0 Å². The number of nitrogen functional groups attached to an aromatic ring is 1. The van der Waals surface area contributed by atoms with E-state index in [-0.39, 0.29) is 34.6 Å². The van der Waals surface area contributed by atoms with Gasteiger partial charge in [0.2, 0.25) is 5.95 Å². The Balaban J connectivity index is 1.16. The third-order valence-electron chi connectivity index (χ3n) is 7.51. The number of guanidine groups is 1. The lowest BCUT2D eigenvalue weighted by Gasteiger charge is -2.27. The number of rotatable bonds is 2. The number of imidazole rings is 2. The van der Waals surface area contributed by atoms with Crippen LogP contribution in [0, 0.1) is 0 Å². The second-order valence-electron chi connectivity index (χ2n) is 10.5. The van der Waals surface area contributed by atoms with Crippen molar-refractivity contribution in [3.05, 3.63) is 28.7 Å². The molecule has 7 rings (SSSR count). The average molecular weight is 692 g/mol. The summed E-state index contributed by atoms with van der Waals surface area (Å²) in [5, 5.41) is 35.1. The fraction of sp³-hybridized carbons (Fsp3) is 0.550. The van der Waals surface area contributed by atoms with E-state index >= 15 is 0 Å². The number of phosphoric acid groups is 2. The number of H-pyrrole nitrogens is 1. The first-order valence-corrected chi connectivity index (χ1v) is 16.3. The Hall–Kier alpha value is -3.35. The quantitative estimate of drug-likeness (QED) is 0.120. The summed E-state index contributed by atoms with van der Waals surface area (Å²) in [7, 11) is -10.2. The number of nitrogens with two attached hydrogens (primary N) is 2. The second kappa shape index (κ2) is 11.1. The zero-order chi connectivity index (χ0) is 32.7. The number of phosphoric ester groups is 2. The molecule has 250 valence electrons. The maximum atomic E-state index is 13.1. The maximum absolute atomic E-state index is 13.1. The van der Waals surface area contributed by atoms with Crippen molar-refractivity contribution in [2.45, 2.75) is 55.3 Å². The van der Waals surface area contributed by atoms with Gasteiger partial charge in [0.15, 0.2) is 35.8 Å². The third-order valence-corrected chi connectivity index (χ3v) is 9.48. The van der Waals surface area contributed by atoms with Crippen LogP contribution in [0.4, 0.5) is 11.8 Å². The summed E-state index contributed by atoms with van der Waals surface area (Å²) in [4.78, 5) is 51.4. The van der Waals surface area contributed by atoms with Crippen molar-refractivity contribution in [3.8, 4) is 0 Å². The summed E-state index contributed by atoms with van der Waals surface area (Å²) >= 11 is 0. The highest BCUT2D eigenvalue weighted by atomic mass is 31.2. The topological polar surface area (TPSA) is 348 Å². The van der Waals surface area contributed by atoms with Crippen molar-refractivity contribution >= 4 is 44.5 Å². The molecule has 0 bridgehead atoms. The lowest BCUT2D eigenvalue weighted by atomic mass is 10.1. The summed E-state index contributed by atoms with van der Waals surface area (Å²) < 4.78 is 60.8. The van der Waals surface area contributed by atoms with E-state index in [9.17, 15) is 39.0 Å². The number of aliphatic imine (C=N–C) groups is 1. The summed E-state index contributed by atoms with van der Waals surface area (Å²) in [5.74, 6) is -0.385. The van der Waals surface area contributed by atoms with Gasteiger partial charge in [-0.15, -0.1) is 0 Å². The fourth-order valence-electron chi connectivity index (χ4n) is 5.49. The molecular formula is C20H26N10O14P2. The van der Waals surface area contributed by atoms with Crippen molar-refractivity contribution in [2.24, 2.45) is 10.7 Å². The third kappa shape index (κ3) is 5.41. The number of fused-ring (bicyclic) bond motifs is 4. The smallest absolute Gasteiger partial charge is 0.386 e. The lowest BCUT2D eigenvalue weighted by Crippen LogP contribution is -2.39. The van der Waals surface area contributed by atoms with Crippen molar-refractivity contribution in [2.75, 3.05) is 24.3 Å². The number of aliphatic hydroxyl groups excluding tert-OH is 3. The van der Waals surface area contributed by atoms with Crippen LogP contribution in [0.5, 0.6) is 0 Å². The monoisotopic (exact) mass is 692 g/mol. The second-order valence-corrected chi connectivity index (χ2v) is 13.3. The van der Waals surface area contributed by atoms with E-state index in [4.69, 9.17) is 39.0 Å². The number of nitrogens with one attached hydrogen (secondary N) is 2. The van der Waals surface area contributed by atoms with Gasteiger partial charge in [-0.3, -0.25) is 37.0 Å². The molecule has 11 N–H and O–H groups in total. The molecule has 7 heterocycles. The van der Waals surface area contributed by atoms with E-state index in [2.05, 4.69) is 30.2 Å². The Kier molecular flexibility index (Phi) is 7.56. The van der Waals surface area contributed by atoms with Crippen molar-refractivity contribution in [3.63, 3.8) is 0 Å². The Bertz CT molecular complexity index is 1870. The summed E-state index contributed by atoms with van der Waals surface area (Å²) in [6.07, 6.45) is -12.1. The van der Waals surface area contributed by atoms with Crippen LogP contribution in [0.1, 0.15) is 24.4 Å². The van der Waals surface area contributed by atoms with Gasteiger partial charge in [0.25, 0.3) is 5.56 Å². The van der Waals surface area contributed by atoms with Crippen LogP contribution >= 0.6 is 15.6 Å². The first-order valence-electron chi connectivity index (χ1n) is 13.3. The minimum absolute atomic E-state index is 0.0237. The molecule has 0 aliphatic carbocycles. The number of hydrogen-bond acceptors (Lipinski definition) is 19. The van der Waals surface area contributed by atoms with Crippen molar-refractivity contribution in [1.82, 2.24) is 29.1 Å². The van der Waals surface area contributed by atoms with Crippen LogP contribution in [0.3, 0.4) is 0 Å². The molecule has 0 radical (unpaired) electrons. The number of aliphatic hydroxyl groups is 3. The first kappa shape index (κ1) is 31.3. The Morgan fingerprint density at radius 3 is 2.07 bits per heavy atom. The highest BCUT2D eigenvalue weighted by Crippen LogP contribution is 2.54. The number of nitrogens with zero attached hydrogens (tertiary/aromatic N) is 6. The van der Waals surface area contributed by atoms with Gasteiger partial charge in [-0.2, -0.15) is 4.98 Å². The molecule has 0 spiro atoms. The molecule has 46 heavy (non-hydrogen) atoms. The number of anilines is 2. The van der Waals surface area contributed by atoms with Gasteiger partial charge in [0.1, 0.15) is 48.1 Å². The molecule has 3 aromatic heterocycles. The van der Waals surface area contributed by atoms with Crippen molar-refractivity contribution in [1.29, 1.82) is 0 Å². The number of ether oxygens (including phenoxy) is 2. The normalized spacial score (nSPS) is 39.8. The standard InChI is InChI=1S/C20H26N10O14P2/c21-19-25-13-7(15(33)27-19)23-3-29(13)17-9(31)11-5(41-17)1-39-45(35,36)44-12-6(2-40-46(37,38)43-11)42-18(10(12)32)30-4-24-8-14(30)26-20(22)28-16(8)34/h3-6,9-12,15,17-18,31-33H,1-2H2,(H,35,36)(H,37,38)(H3,21,25,27)(H3,22,26,28,34)/t5-,6-,9?,10?,11?,12?,15?,17-,18-/m1/s1. The Morgan fingerprint density at radius 1 is 0.891 bits per heavy atom. The molecule has 24 nitrogen and oxygen atoms in total. The van der Waals surface area contributed by atoms with Crippen LogP contribution in [-0.4, -0.2) is 110 Å². The van der Waals surface area contributed by atoms with Gasteiger partial charge < -0.3 is 51.4 Å². The van der Waals surface area contributed by atoms with Gasteiger partial charge in [0.05, 0.1) is 25.9 Å². The summed E-state index contributed by atoms with van der Waals surface area (Å²) in [6, 6.07) is 0. The van der Waals surface area contributed by atoms with Crippen LogP contribution in [0.25, 0.3) is 11.2 Å². The molecule has 0 amide bonds. The van der Waals surface area contributed by atoms with E-state index in [1.807, 2.05) is 0 Å². The molecular weight excluding hydrogens is 666 g/mol. The largest absolute Gasteiger partial charge is 0.472 e. The predicted molar refractivity (Wildman–Crippen MR) is 146 cm³/mol. The number of aromatic amines is 1. The van der Waals surface area contributed by atoms with Crippen LogP contribution in [0.2, 0.25) is 0 Å². The molecule has 0 aromatic carbocycles. The zero-order valence-electron chi connectivity index (χ0n) is 22.9. The zero-order valence-corrected chi connectivity index (χ0v) is 24.7. The highest BCUT2D eigenvalue weighted by molar-refractivity contribution is 7.47. The van der Waals surface area contributed by atoms with E-state index in [1.54, 1.807) is 0 Å². The summed E-state index contributed by atoms with van der Waals surface area (Å²) in [5.41, 5.74) is 10.4. The Morgan fingerprint density at radius 2 is 1.46 bits per heavy atom. The highest BCUT2D eigenvalue weighted by Gasteiger charge is 2.54. The van der Waals surface area contributed by atoms with Crippen LogP contribution in [-0.2, 0) is 36.7 Å². The molecule has 3 fully saturated rings. The Labute approximate surface area is 254 Å². The predicted octanol–water partition coefficient (Wildman–Crippen LogP) is -3.14.